The first-order chi connectivity index (χ1) is 13.4. The zero-order valence-corrected chi connectivity index (χ0v) is 17.5. The predicted octanol–water partition coefficient (Wildman–Crippen LogP) is 3.27. The Hall–Kier alpha value is -1.05. The van der Waals surface area contributed by atoms with Crippen LogP contribution in [-0.2, 0) is 0 Å². The molecule has 0 bridgehead atoms. The van der Waals surface area contributed by atoms with Gasteiger partial charge >= 0.3 is 6.09 Å². The summed E-state index contributed by atoms with van der Waals surface area (Å²) >= 11 is 12.2. The van der Waals surface area contributed by atoms with Crippen LogP contribution in [0.4, 0.5) is 4.79 Å². The maximum absolute atomic E-state index is 10.8. The van der Waals surface area contributed by atoms with Gasteiger partial charge in [-0.2, -0.15) is 0 Å². The van der Waals surface area contributed by atoms with Crippen LogP contribution in [0.25, 0.3) is 0 Å². The van der Waals surface area contributed by atoms with Crippen LogP contribution in [0.15, 0.2) is 18.2 Å². The van der Waals surface area contributed by atoms with Gasteiger partial charge in [0.25, 0.3) is 0 Å². The lowest BCUT2D eigenvalue weighted by Gasteiger charge is -2.47. The van der Waals surface area contributed by atoms with Crippen LogP contribution < -0.4 is 5.32 Å². The maximum atomic E-state index is 10.8. The Kier molecular flexibility index (Phi) is 7.83. The van der Waals surface area contributed by atoms with Crippen molar-refractivity contribution in [1.29, 1.82) is 0 Å². The highest BCUT2D eigenvalue weighted by atomic mass is 35.5. The molecule has 28 heavy (non-hydrogen) atoms. The first-order valence-corrected chi connectivity index (χ1v) is 10.7. The van der Waals surface area contributed by atoms with Crippen molar-refractivity contribution < 1.29 is 15.0 Å². The first-order valence-electron chi connectivity index (χ1n) is 9.98. The Balaban J connectivity index is 1.49. The van der Waals surface area contributed by atoms with Crippen LogP contribution in [0.2, 0.25) is 10.0 Å². The van der Waals surface area contributed by atoms with E-state index in [1.54, 1.807) is 6.07 Å². The molecule has 6 nitrogen and oxygen atoms in total. The number of nitrogens with zero attached hydrogens (tertiary/aromatic N) is 2. The zero-order chi connectivity index (χ0) is 20.1. The van der Waals surface area contributed by atoms with Crippen LogP contribution in [0.3, 0.4) is 0 Å². The van der Waals surface area contributed by atoms with Gasteiger partial charge in [-0.25, -0.2) is 4.79 Å². The molecule has 2 fully saturated rings. The van der Waals surface area contributed by atoms with Crippen molar-refractivity contribution in [3.63, 3.8) is 0 Å². The van der Waals surface area contributed by atoms with E-state index in [0.717, 1.165) is 64.0 Å². The van der Waals surface area contributed by atoms with Crippen LogP contribution in [0.5, 0.6) is 0 Å². The van der Waals surface area contributed by atoms with E-state index in [1.807, 2.05) is 12.1 Å². The molecule has 1 amide bonds. The standard InChI is InChI=1S/C20H29Cl2N3O3/c21-18-2-1-15(11-19(18)22)14(3-7-23-20(27)28)4-8-24-12-16(13-24)25-9-5-17(26)6-10-25/h1-2,11,14,16-17,23,26H,3-10,12-13H2,(H,27,28)/t14-/m0/s1. The number of aliphatic hydroxyl groups excluding tert-OH is 1. The van der Waals surface area contributed by atoms with E-state index in [1.165, 1.54) is 0 Å². The smallest absolute Gasteiger partial charge is 0.404 e. The molecule has 2 saturated heterocycles. The molecule has 1 aromatic rings. The number of piperidine rings is 1. The van der Waals surface area contributed by atoms with Gasteiger partial charge < -0.3 is 20.4 Å². The number of halogens is 2. The molecular formula is C20H29Cl2N3O3. The number of rotatable bonds is 8. The number of benzene rings is 1. The Morgan fingerprint density at radius 2 is 1.89 bits per heavy atom. The number of hydrogen-bond donors (Lipinski definition) is 3. The van der Waals surface area contributed by atoms with Gasteiger partial charge in [-0.15, -0.1) is 0 Å². The molecule has 0 saturated carbocycles. The fourth-order valence-corrected chi connectivity index (χ4v) is 4.45. The first kappa shape index (κ1) is 21.7. The molecule has 2 aliphatic rings. The molecule has 3 rings (SSSR count). The minimum absolute atomic E-state index is 0.126. The predicted molar refractivity (Wildman–Crippen MR) is 112 cm³/mol. The quantitative estimate of drug-likeness (QED) is 0.590. The number of carboxylic acid groups (broad SMARTS) is 1. The average Bonchev–Trinajstić information content (AvgIpc) is 2.62. The van der Waals surface area contributed by atoms with Crippen molar-refractivity contribution in [2.45, 2.75) is 43.7 Å². The van der Waals surface area contributed by atoms with Gasteiger partial charge in [-0.1, -0.05) is 29.3 Å². The Bertz CT molecular complexity index is 662. The molecule has 0 unspecified atom stereocenters. The summed E-state index contributed by atoms with van der Waals surface area (Å²) in [6, 6.07) is 6.29. The number of likely N-dealkylation sites (tertiary alicyclic amines) is 2. The minimum Gasteiger partial charge on any atom is -0.465 e. The van der Waals surface area contributed by atoms with Gasteiger partial charge in [0.15, 0.2) is 0 Å². The molecule has 2 aliphatic heterocycles. The second kappa shape index (κ2) is 10.1. The fraction of sp³-hybridized carbons (Fsp3) is 0.650. The van der Waals surface area contributed by atoms with Gasteiger partial charge in [0, 0.05) is 38.8 Å². The lowest BCUT2D eigenvalue weighted by Crippen LogP contribution is -2.61. The van der Waals surface area contributed by atoms with Crippen LogP contribution >= 0.6 is 23.2 Å². The number of carbonyl (C=O) groups is 1. The highest BCUT2D eigenvalue weighted by molar-refractivity contribution is 6.42. The van der Waals surface area contributed by atoms with E-state index in [9.17, 15) is 9.90 Å². The van der Waals surface area contributed by atoms with Crippen molar-refractivity contribution in [2.75, 3.05) is 39.3 Å². The maximum Gasteiger partial charge on any atom is 0.404 e. The lowest BCUT2D eigenvalue weighted by atomic mass is 9.91. The third kappa shape index (κ3) is 5.97. The van der Waals surface area contributed by atoms with Crippen molar-refractivity contribution in [3.05, 3.63) is 33.8 Å². The molecule has 1 atom stereocenters. The molecule has 0 radical (unpaired) electrons. The summed E-state index contributed by atoms with van der Waals surface area (Å²) in [5.74, 6) is 0.228. The van der Waals surface area contributed by atoms with E-state index < -0.39 is 6.09 Å². The summed E-state index contributed by atoms with van der Waals surface area (Å²) in [6.45, 7) is 5.51. The van der Waals surface area contributed by atoms with Crippen molar-refractivity contribution in [3.8, 4) is 0 Å². The molecule has 1 aromatic carbocycles. The number of hydrogen-bond acceptors (Lipinski definition) is 4. The summed E-state index contributed by atoms with van der Waals surface area (Å²) in [6.07, 6.45) is 2.32. The van der Waals surface area contributed by atoms with Crippen molar-refractivity contribution >= 4 is 29.3 Å². The van der Waals surface area contributed by atoms with Crippen LogP contribution in [0.1, 0.15) is 37.2 Å². The molecule has 8 heteroatoms. The van der Waals surface area contributed by atoms with Crippen molar-refractivity contribution in [2.24, 2.45) is 0 Å². The third-order valence-corrected chi connectivity index (χ3v) is 6.67. The second-order valence-electron chi connectivity index (χ2n) is 7.86. The summed E-state index contributed by atoms with van der Waals surface area (Å²) < 4.78 is 0. The Labute approximate surface area is 176 Å². The molecule has 3 N–H and O–H groups in total. The average molecular weight is 430 g/mol. The molecule has 0 spiro atoms. The van der Waals surface area contributed by atoms with E-state index in [0.29, 0.717) is 22.6 Å². The topological polar surface area (TPSA) is 76.0 Å². The fourth-order valence-electron chi connectivity index (χ4n) is 4.14. The molecular weight excluding hydrogens is 401 g/mol. The highest BCUT2D eigenvalue weighted by Gasteiger charge is 2.33. The summed E-state index contributed by atoms with van der Waals surface area (Å²) in [7, 11) is 0. The minimum atomic E-state index is -0.995. The van der Waals surface area contributed by atoms with Gasteiger partial charge in [0.2, 0.25) is 0 Å². The van der Waals surface area contributed by atoms with Gasteiger partial charge in [-0.05, 0) is 55.8 Å². The van der Waals surface area contributed by atoms with Gasteiger partial charge in [0.05, 0.1) is 16.1 Å². The largest absolute Gasteiger partial charge is 0.465 e. The van der Waals surface area contributed by atoms with Gasteiger partial charge in [0.1, 0.15) is 0 Å². The number of amides is 1. The number of nitrogens with one attached hydrogen (secondary N) is 1. The van der Waals surface area contributed by atoms with Crippen LogP contribution in [0, 0.1) is 0 Å². The lowest BCUT2D eigenvalue weighted by molar-refractivity contribution is -0.00529. The van der Waals surface area contributed by atoms with E-state index >= 15 is 0 Å². The monoisotopic (exact) mass is 429 g/mol. The SMILES string of the molecule is O=C(O)NCC[C@@H](CCN1CC(N2CCC(O)CC2)C1)c1ccc(Cl)c(Cl)c1. The van der Waals surface area contributed by atoms with Crippen molar-refractivity contribution in [1.82, 2.24) is 15.1 Å². The molecule has 156 valence electrons. The summed E-state index contributed by atoms with van der Waals surface area (Å²) in [5.41, 5.74) is 1.10. The molecule has 2 heterocycles. The third-order valence-electron chi connectivity index (χ3n) is 5.93. The van der Waals surface area contributed by atoms with E-state index in [4.69, 9.17) is 28.3 Å². The Morgan fingerprint density at radius 1 is 1.18 bits per heavy atom. The number of aliphatic hydroxyl groups is 1. The zero-order valence-electron chi connectivity index (χ0n) is 16.0. The highest BCUT2D eigenvalue weighted by Crippen LogP contribution is 2.31. The van der Waals surface area contributed by atoms with E-state index in [2.05, 4.69) is 15.1 Å². The molecule has 0 aliphatic carbocycles. The van der Waals surface area contributed by atoms with E-state index in [-0.39, 0.29) is 12.0 Å². The van der Waals surface area contributed by atoms with Gasteiger partial charge in [-0.3, -0.25) is 4.90 Å². The summed E-state index contributed by atoms with van der Waals surface area (Å²) in [5, 5.41) is 22.0. The van der Waals surface area contributed by atoms with Crippen LogP contribution in [-0.4, -0.2) is 77.5 Å². The molecule has 0 aromatic heterocycles. The Morgan fingerprint density at radius 3 is 2.54 bits per heavy atom. The second-order valence-corrected chi connectivity index (χ2v) is 8.67. The normalized spacial score (nSPS) is 20.7. The summed E-state index contributed by atoms with van der Waals surface area (Å²) in [4.78, 5) is 15.7.